The molecule has 0 spiro atoms. The lowest BCUT2D eigenvalue weighted by atomic mass is 10.3. The molecule has 2 aromatic rings. The molecule has 0 aliphatic rings. The molecule has 0 unspecified atom stereocenters. The van der Waals surface area contributed by atoms with Gasteiger partial charge in [-0.2, -0.15) is 5.10 Å². The van der Waals surface area contributed by atoms with E-state index in [4.69, 9.17) is 11.6 Å². The van der Waals surface area contributed by atoms with E-state index in [0.717, 1.165) is 5.56 Å². The van der Waals surface area contributed by atoms with Crippen LogP contribution in [0.25, 0.3) is 0 Å². The lowest BCUT2D eigenvalue weighted by Gasteiger charge is -2.17. The van der Waals surface area contributed by atoms with Crippen LogP contribution in [-0.4, -0.2) is 40.1 Å². The molecule has 0 aliphatic heterocycles. The molecule has 0 aliphatic carbocycles. The van der Waals surface area contributed by atoms with Crippen LogP contribution in [-0.2, 0) is 16.1 Å². The van der Waals surface area contributed by atoms with Gasteiger partial charge in [-0.1, -0.05) is 17.7 Å². The molecule has 2 amide bonds. The van der Waals surface area contributed by atoms with Crippen molar-refractivity contribution >= 4 is 29.1 Å². The van der Waals surface area contributed by atoms with E-state index in [2.05, 4.69) is 10.4 Å². The lowest BCUT2D eigenvalue weighted by molar-refractivity contribution is -0.133. The molecule has 7 heteroatoms. The van der Waals surface area contributed by atoms with Gasteiger partial charge >= 0.3 is 0 Å². The van der Waals surface area contributed by atoms with E-state index in [1.54, 1.807) is 42.2 Å². The van der Waals surface area contributed by atoms with Gasteiger partial charge in [0.25, 0.3) is 0 Å². The van der Waals surface area contributed by atoms with Gasteiger partial charge < -0.3 is 10.2 Å². The van der Waals surface area contributed by atoms with Crippen molar-refractivity contribution in [1.82, 2.24) is 14.7 Å². The van der Waals surface area contributed by atoms with Crippen LogP contribution in [0.3, 0.4) is 0 Å². The molecule has 0 fully saturated rings. The minimum atomic E-state index is -0.266. The van der Waals surface area contributed by atoms with Crippen LogP contribution in [0, 0.1) is 6.92 Å². The monoisotopic (exact) mass is 334 g/mol. The number of benzene rings is 1. The quantitative estimate of drug-likeness (QED) is 0.881. The summed E-state index contributed by atoms with van der Waals surface area (Å²) in [5.41, 5.74) is 1.65. The predicted molar refractivity (Wildman–Crippen MR) is 89.3 cm³/mol. The fraction of sp³-hybridized carbons (Fsp3) is 0.312. The smallest absolute Gasteiger partial charge is 0.243 e. The number of nitrogens with zero attached hydrogens (tertiary/aromatic N) is 3. The number of aryl methyl sites for hydroxylation is 2. The summed E-state index contributed by atoms with van der Waals surface area (Å²) in [5, 5.41) is 7.38. The number of carbonyl (C=O) groups excluding carboxylic acids is 2. The van der Waals surface area contributed by atoms with E-state index >= 15 is 0 Å². The Balaban J connectivity index is 1.79. The molecule has 122 valence electrons. The number of halogens is 1. The van der Waals surface area contributed by atoms with Crippen molar-refractivity contribution < 1.29 is 9.59 Å². The van der Waals surface area contributed by atoms with Crippen LogP contribution in [0.5, 0.6) is 0 Å². The Morgan fingerprint density at radius 3 is 2.83 bits per heavy atom. The van der Waals surface area contributed by atoms with E-state index in [1.165, 1.54) is 4.90 Å². The highest BCUT2D eigenvalue weighted by atomic mass is 35.5. The summed E-state index contributed by atoms with van der Waals surface area (Å²) in [4.78, 5) is 25.4. The van der Waals surface area contributed by atoms with E-state index in [0.29, 0.717) is 23.7 Å². The van der Waals surface area contributed by atoms with Crippen LogP contribution < -0.4 is 5.32 Å². The molecule has 1 aromatic carbocycles. The number of likely N-dealkylation sites (N-methyl/N-ethyl adjacent to an activating group) is 1. The summed E-state index contributed by atoms with van der Waals surface area (Å²) in [6.45, 7) is 2.42. The molecule has 0 bridgehead atoms. The summed E-state index contributed by atoms with van der Waals surface area (Å²) < 4.78 is 1.72. The number of nitrogens with one attached hydrogen (secondary N) is 1. The number of carbonyl (C=O) groups is 2. The molecular formula is C16H19ClN4O2. The minimum absolute atomic E-state index is 0.0104. The number of hydrogen-bond donors (Lipinski definition) is 1. The van der Waals surface area contributed by atoms with Gasteiger partial charge in [0.2, 0.25) is 11.8 Å². The Labute approximate surface area is 140 Å². The highest BCUT2D eigenvalue weighted by molar-refractivity contribution is 6.30. The Morgan fingerprint density at radius 2 is 2.17 bits per heavy atom. The van der Waals surface area contributed by atoms with Crippen LogP contribution in [0.2, 0.25) is 5.02 Å². The third kappa shape index (κ3) is 5.41. The van der Waals surface area contributed by atoms with Gasteiger partial charge in [0.15, 0.2) is 0 Å². The first-order valence-corrected chi connectivity index (χ1v) is 7.60. The zero-order chi connectivity index (χ0) is 16.8. The van der Waals surface area contributed by atoms with Crippen molar-refractivity contribution in [3.05, 3.63) is 47.2 Å². The van der Waals surface area contributed by atoms with E-state index in [1.807, 2.05) is 13.1 Å². The highest BCUT2D eigenvalue weighted by Gasteiger charge is 2.13. The number of amides is 2. The van der Waals surface area contributed by atoms with Crippen LogP contribution in [0.1, 0.15) is 12.0 Å². The van der Waals surface area contributed by atoms with Crippen LogP contribution in [0.4, 0.5) is 5.69 Å². The molecule has 6 nitrogen and oxygen atoms in total. The first kappa shape index (κ1) is 17.0. The van der Waals surface area contributed by atoms with E-state index in [-0.39, 0.29) is 18.4 Å². The summed E-state index contributed by atoms with van der Waals surface area (Å²) in [7, 11) is 1.61. The van der Waals surface area contributed by atoms with E-state index in [9.17, 15) is 9.59 Å². The molecule has 1 N–H and O–H groups in total. The average Bonchev–Trinajstić information content (AvgIpc) is 2.90. The fourth-order valence-corrected chi connectivity index (χ4v) is 2.25. The summed E-state index contributed by atoms with van der Waals surface area (Å²) >= 11 is 5.86. The van der Waals surface area contributed by atoms with Gasteiger partial charge in [-0.15, -0.1) is 0 Å². The normalized spacial score (nSPS) is 10.4. The molecule has 1 aromatic heterocycles. The van der Waals surface area contributed by atoms with Gasteiger partial charge in [0.05, 0.1) is 12.7 Å². The first-order chi connectivity index (χ1) is 10.9. The topological polar surface area (TPSA) is 67.2 Å². The number of rotatable bonds is 6. The molecule has 0 atom stereocenters. The highest BCUT2D eigenvalue weighted by Crippen LogP contribution is 2.14. The summed E-state index contributed by atoms with van der Waals surface area (Å²) in [5.74, 6) is -0.377. The van der Waals surface area contributed by atoms with Crippen molar-refractivity contribution in [2.75, 3.05) is 18.9 Å². The first-order valence-electron chi connectivity index (χ1n) is 7.22. The average molecular weight is 335 g/mol. The molecule has 0 radical (unpaired) electrons. The minimum Gasteiger partial charge on any atom is -0.336 e. The largest absolute Gasteiger partial charge is 0.336 e. The Kier molecular flexibility index (Phi) is 5.76. The third-order valence-electron chi connectivity index (χ3n) is 3.23. The van der Waals surface area contributed by atoms with Gasteiger partial charge in [-0.25, -0.2) is 0 Å². The van der Waals surface area contributed by atoms with E-state index < -0.39 is 0 Å². The number of hydrogen-bond acceptors (Lipinski definition) is 3. The maximum absolute atomic E-state index is 12.0. The second kappa shape index (κ2) is 7.78. The third-order valence-corrected chi connectivity index (χ3v) is 3.47. The maximum Gasteiger partial charge on any atom is 0.243 e. The Morgan fingerprint density at radius 1 is 1.39 bits per heavy atom. The standard InChI is InChI=1S/C16H19ClN4O2/c1-12-9-18-21(10-12)7-6-16(23)20(2)11-15(22)19-14-5-3-4-13(17)8-14/h3-5,8-10H,6-7,11H2,1-2H3,(H,19,22). The Hall–Kier alpha value is -2.34. The van der Waals surface area contributed by atoms with Crippen molar-refractivity contribution in [2.45, 2.75) is 19.9 Å². The number of anilines is 1. The lowest BCUT2D eigenvalue weighted by Crippen LogP contribution is -2.35. The van der Waals surface area contributed by atoms with Crippen LogP contribution in [0.15, 0.2) is 36.7 Å². The van der Waals surface area contributed by atoms with Crippen molar-refractivity contribution in [2.24, 2.45) is 0 Å². The zero-order valence-corrected chi connectivity index (χ0v) is 13.9. The maximum atomic E-state index is 12.0. The predicted octanol–water partition coefficient (Wildman–Crippen LogP) is 2.33. The summed E-state index contributed by atoms with van der Waals surface area (Å²) in [6.07, 6.45) is 3.91. The van der Waals surface area contributed by atoms with Gasteiger partial charge in [0.1, 0.15) is 0 Å². The molecule has 1 heterocycles. The zero-order valence-electron chi connectivity index (χ0n) is 13.1. The molecular weight excluding hydrogens is 316 g/mol. The van der Waals surface area contributed by atoms with Crippen LogP contribution >= 0.6 is 11.6 Å². The molecule has 2 rings (SSSR count). The molecule has 0 saturated heterocycles. The van der Waals surface area contributed by atoms with Crippen molar-refractivity contribution in [3.63, 3.8) is 0 Å². The SMILES string of the molecule is Cc1cnn(CCC(=O)N(C)CC(=O)Nc2cccc(Cl)c2)c1. The fourth-order valence-electron chi connectivity index (χ4n) is 2.06. The molecule has 0 saturated carbocycles. The second-order valence-corrected chi connectivity index (χ2v) is 5.78. The van der Waals surface area contributed by atoms with Gasteiger partial charge in [-0.05, 0) is 30.7 Å². The van der Waals surface area contributed by atoms with Gasteiger partial charge in [0, 0.05) is 36.9 Å². The van der Waals surface area contributed by atoms with Gasteiger partial charge in [-0.3, -0.25) is 14.3 Å². The summed E-state index contributed by atoms with van der Waals surface area (Å²) in [6, 6.07) is 6.87. The Bertz CT molecular complexity index is 699. The number of aromatic nitrogens is 2. The molecule has 23 heavy (non-hydrogen) atoms. The second-order valence-electron chi connectivity index (χ2n) is 5.34. The van der Waals surface area contributed by atoms with Crippen molar-refractivity contribution in [3.8, 4) is 0 Å². The van der Waals surface area contributed by atoms with Crippen molar-refractivity contribution in [1.29, 1.82) is 0 Å².